The molecule has 0 aliphatic carbocycles. The highest BCUT2D eigenvalue weighted by molar-refractivity contribution is 8.39. The third kappa shape index (κ3) is 6.27. The van der Waals surface area contributed by atoms with Crippen LogP contribution < -0.4 is 17.0 Å². The van der Waals surface area contributed by atoms with Crippen molar-refractivity contribution < 1.29 is 46.7 Å². The zero-order valence-electron chi connectivity index (χ0n) is 24.3. The Hall–Kier alpha value is -2.79. The van der Waals surface area contributed by atoms with Crippen molar-refractivity contribution in [3.8, 4) is 0 Å². The van der Waals surface area contributed by atoms with Crippen LogP contribution in [0.3, 0.4) is 0 Å². The lowest BCUT2D eigenvalue weighted by Crippen LogP contribution is -2.45. The Labute approximate surface area is 274 Å². The number of hydrogen-bond acceptors (Lipinski definition) is 17. The summed E-state index contributed by atoms with van der Waals surface area (Å²) in [6.07, 6.45) is -5.90. The van der Waals surface area contributed by atoms with Crippen LogP contribution in [0.15, 0.2) is 23.8 Å². The van der Waals surface area contributed by atoms with Crippen LogP contribution in [0.25, 0.3) is 22.3 Å². The standard InChI is InChI=1S/C22H27FN10O10P2S2/c1-22(14(42-44(36)46)13(38-2)20(41-22)32-6-28-10-15(24)26-5-27-16(10)32)4-39-45(37,47)43-12-9(23)8(3-34)40-19(12)33-7-29-11-17(33)30-21(25)31-18(11)35/h5-9,12-14,19-20,34H,3-4H2,1-2H3,(H6-,24,25,26,27,30,31,35,36,37,46,47)/p+1/t8-,9+,12-,13-,14+,19-,20+,22-,45?/m1/s1. The van der Waals surface area contributed by atoms with Crippen molar-refractivity contribution in [2.24, 2.45) is 0 Å². The molecule has 0 aromatic carbocycles. The highest BCUT2D eigenvalue weighted by Gasteiger charge is 2.59. The van der Waals surface area contributed by atoms with Crippen LogP contribution in [-0.4, -0.2) is 106 Å². The summed E-state index contributed by atoms with van der Waals surface area (Å²) >= 11 is 9.15. The summed E-state index contributed by atoms with van der Waals surface area (Å²) < 4.78 is 65.0. The zero-order valence-corrected chi connectivity index (χ0v) is 27.8. The number of imidazole rings is 2. The van der Waals surface area contributed by atoms with E-state index >= 15 is 4.39 Å². The number of alkyl halides is 1. The van der Waals surface area contributed by atoms with Gasteiger partial charge in [0.05, 0.1) is 25.9 Å². The summed E-state index contributed by atoms with van der Waals surface area (Å²) in [5, 5.41) is 9.74. The van der Waals surface area contributed by atoms with Crippen LogP contribution in [0, 0.1) is 0 Å². The lowest BCUT2D eigenvalue weighted by molar-refractivity contribution is -0.111. The second-order valence-corrected chi connectivity index (χ2v) is 15.1. The Morgan fingerprint density at radius 3 is 2.57 bits per heavy atom. The number of methoxy groups -OCH3 is 1. The number of aliphatic hydroxyl groups is 1. The molecule has 2 aliphatic heterocycles. The molecule has 7 N–H and O–H groups in total. The van der Waals surface area contributed by atoms with Gasteiger partial charge >= 0.3 is 13.9 Å². The number of thiol groups is 1. The summed E-state index contributed by atoms with van der Waals surface area (Å²) in [5.74, 6) is -0.127. The third-order valence-electron chi connectivity index (χ3n) is 7.65. The van der Waals surface area contributed by atoms with Crippen LogP contribution in [0.5, 0.6) is 0 Å². The van der Waals surface area contributed by atoms with Gasteiger partial charge in [0, 0.05) is 7.11 Å². The van der Waals surface area contributed by atoms with Gasteiger partial charge in [-0.15, -0.1) is 4.52 Å². The minimum absolute atomic E-state index is 0.0776. The molecule has 0 saturated carbocycles. The minimum Gasteiger partial charge on any atom is -0.394 e. The van der Waals surface area contributed by atoms with E-state index in [1.165, 1.54) is 31.3 Å². The van der Waals surface area contributed by atoms with Crippen LogP contribution in [-0.2, 0) is 44.2 Å². The maximum Gasteiger partial charge on any atom is 0.582 e. The fourth-order valence-electron chi connectivity index (χ4n) is 5.50. The van der Waals surface area contributed by atoms with Gasteiger partial charge in [-0.25, -0.2) is 24.3 Å². The molecule has 6 heterocycles. The molecule has 2 saturated heterocycles. The van der Waals surface area contributed by atoms with E-state index in [-0.39, 0.29) is 28.4 Å². The van der Waals surface area contributed by atoms with Crippen LogP contribution in [0.2, 0.25) is 0 Å². The summed E-state index contributed by atoms with van der Waals surface area (Å²) in [6, 6.07) is 0. The number of nitrogens with zero attached hydrogens (tertiary/aromatic N) is 7. The van der Waals surface area contributed by atoms with Crippen LogP contribution in [0.1, 0.15) is 19.4 Å². The molecule has 6 rings (SSSR count). The van der Waals surface area contributed by atoms with Gasteiger partial charge in [0.25, 0.3) is 5.56 Å². The number of aromatic nitrogens is 8. The van der Waals surface area contributed by atoms with E-state index < -0.39 is 81.4 Å². The summed E-state index contributed by atoms with van der Waals surface area (Å²) in [7, 11) is -1.15. The Balaban J connectivity index is 1.27. The molecule has 0 radical (unpaired) electrons. The Kier molecular flexibility index (Phi) is 9.37. The Morgan fingerprint density at radius 2 is 1.89 bits per heavy atom. The number of nitrogen functional groups attached to an aromatic ring is 2. The highest BCUT2D eigenvalue weighted by atomic mass is 32.7. The Morgan fingerprint density at radius 1 is 1.19 bits per heavy atom. The summed E-state index contributed by atoms with van der Waals surface area (Å²) in [6.45, 7) is -4.18. The monoisotopic (exact) mass is 737 g/mol. The number of halogens is 1. The SMILES string of the molecule is CO[C@H]1[C@@H](n2cnc3c(N)ncnc32)O[C@](C)(COP(O)(=S)O[C@@H]2[C@@H](F)[C@@H](CO)O[C@H]2n2cnc3c(=O)[nH]c(N)nc32)[C@H]1O[P+](=O)S. The molecule has 10 atom stereocenters. The number of aliphatic hydroxyl groups excluding tert-OH is 1. The number of anilines is 2. The molecule has 25 heteroatoms. The van der Waals surface area contributed by atoms with Crippen molar-refractivity contribution in [1.29, 1.82) is 0 Å². The third-order valence-corrected chi connectivity index (χ3v) is 9.88. The van der Waals surface area contributed by atoms with E-state index in [0.717, 1.165) is 10.9 Å². The number of rotatable bonds is 11. The molecule has 0 bridgehead atoms. The van der Waals surface area contributed by atoms with Crippen molar-refractivity contribution in [2.45, 2.75) is 55.6 Å². The molecule has 4 aromatic heterocycles. The smallest absolute Gasteiger partial charge is 0.394 e. The van der Waals surface area contributed by atoms with Gasteiger partial charge < -0.3 is 40.2 Å². The van der Waals surface area contributed by atoms with Crippen LogP contribution >= 0.6 is 26.2 Å². The van der Waals surface area contributed by atoms with Gasteiger partial charge in [-0.05, 0) is 23.3 Å². The molecule has 0 spiro atoms. The largest absolute Gasteiger partial charge is 0.582 e. The molecule has 2 aliphatic rings. The maximum atomic E-state index is 15.6. The molecule has 20 nitrogen and oxygen atoms in total. The van der Waals surface area contributed by atoms with Gasteiger partial charge in [0.2, 0.25) is 5.95 Å². The zero-order chi connectivity index (χ0) is 33.8. The minimum atomic E-state index is -4.38. The molecular formula is C22H28FN10O10P2S2+. The van der Waals surface area contributed by atoms with Crippen LogP contribution in [0.4, 0.5) is 16.2 Å². The van der Waals surface area contributed by atoms with Gasteiger partial charge in [-0.3, -0.25) is 23.4 Å². The number of ether oxygens (including phenoxy) is 3. The van der Waals surface area contributed by atoms with Crippen molar-refractivity contribution in [3.05, 3.63) is 29.3 Å². The molecule has 2 fully saturated rings. The van der Waals surface area contributed by atoms with Crippen molar-refractivity contribution in [1.82, 2.24) is 39.0 Å². The highest BCUT2D eigenvalue weighted by Crippen LogP contribution is 2.53. The number of H-pyrrole nitrogens is 1. The first-order chi connectivity index (χ1) is 22.3. The number of hydrogen-bond donors (Lipinski definition) is 6. The molecule has 4 aromatic rings. The first-order valence-corrected chi connectivity index (χ1v) is 18.4. The lowest BCUT2D eigenvalue weighted by atomic mass is 9.98. The normalized spacial score (nSPS) is 31.1. The number of nitrogens with one attached hydrogen (secondary N) is 1. The molecular weight excluding hydrogens is 709 g/mol. The molecule has 47 heavy (non-hydrogen) atoms. The fourth-order valence-corrected chi connectivity index (χ4v) is 7.81. The van der Waals surface area contributed by atoms with Gasteiger partial charge in [0.15, 0.2) is 47.4 Å². The average Bonchev–Trinajstić information content (AvgIpc) is 3.76. The van der Waals surface area contributed by atoms with E-state index in [4.69, 9.17) is 51.1 Å². The lowest BCUT2D eigenvalue weighted by Gasteiger charge is -2.30. The first-order valence-electron chi connectivity index (χ1n) is 13.5. The Bertz CT molecular complexity index is 1940. The molecule has 2 unspecified atom stereocenters. The average molecular weight is 738 g/mol. The quantitative estimate of drug-likeness (QED) is 0.0889. The van der Waals surface area contributed by atoms with Gasteiger partial charge in [-0.1, -0.05) is 0 Å². The molecule has 254 valence electrons. The van der Waals surface area contributed by atoms with E-state index in [2.05, 4.69) is 42.2 Å². The number of nitrogens with two attached hydrogens (primary N) is 2. The first kappa shape index (κ1) is 34.1. The van der Waals surface area contributed by atoms with E-state index in [1.54, 1.807) is 0 Å². The topological polar surface area (TPSA) is 272 Å². The number of fused-ring (bicyclic) bond motifs is 2. The summed E-state index contributed by atoms with van der Waals surface area (Å²) in [4.78, 5) is 46.2. The van der Waals surface area contributed by atoms with E-state index in [0.29, 0.717) is 5.65 Å². The fraction of sp³-hybridized carbons (Fsp3) is 0.545. The van der Waals surface area contributed by atoms with E-state index in [9.17, 15) is 19.4 Å². The van der Waals surface area contributed by atoms with E-state index in [1.807, 2.05) is 0 Å². The van der Waals surface area contributed by atoms with Gasteiger partial charge in [-0.2, -0.15) is 4.98 Å². The molecule has 0 amide bonds. The predicted octanol–water partition coefficient (Wildman–Crippen LogP) is 0.245. The summed E-state index contributed by atoms with van der Waals surface area (Å²) in [5.41, 5.74) is 9.77. The van der Waals surface area contributed by atoms with Crippen molar-refractivity contribution in [2.75, 3.05) is 31.8 Å². The van der Waals surface area contributed by atoms with Crippen molar-refractivity contribution in [3.63, 3.8) is 0 Å². The second-order valence-electron chi connectivity index (χ2n) is 10.6. The maximum absolute atomic E-state index is 15.6. The van der Waals surface area contributed by atoms with Crippen molar-refractivity contribution >= 4 is 72.1 Å². The van der Waals surface area contributed by atoms with Gasteiger partial charge in [0.1, 0.15) is 48.0 Å². The predicted molar refractivity (Wildman–Crippen MR) is 166 cm³/mol. The number of aromatic amines is 1. The second kappa shape index (κ2) is 12.9.